The minimum atomic E-state index is -1.25. The Hall–Kier alpha value is -2.81. The predicted molar refractivity (Wildman–Crippen MR) is 277 cm³/mol. The minimum absolute atomic E-state index is 0.0737. The van der Waals surface area contributed by atoms with Gasteiger partial charge in [0.05, 0.1) is 50.3 Å². The lowest BCUT2D eigenvalue weighted by Crippen LogP contribution is -2.55. The number of hydrogen-bond acceptors (Lipinski definition) is 19. The van der Waals surface area contributed by atoms with Gasteiger partial charge in [0, 0.05) is 81.1 Å². The van der Waals surface area contributed by atoms with Gasteiger partial charge in [-0.05, 0) is 70.6 Å². The highest BCUT2D eigenvalue weighted by molar-refractivity contribution is 5.94. The highest BCUT2D eigenvalue weighted by Gasteiger charge is 2.44. The van der Waals surface area contributed by atoms with Crippen LogP contribution in [0.3, 0.4) is 0 Å². The van der Waals surface area contributed by atoms with Gasteiger partial charge in [-0.15, -0.1) is 0 Å². The maximum atomic E-state index is 14.1. The number of ether oxygens (including phenoxy) is 5. The van der Waals surface area contributed by atoms with Crippen molar-refractivity contribution in [1.29, 1.82) is 0 Å². The molecule has 3 amide bonds. The fraction of sp³-hybridized carbons (Fsp3) is 0.907. The molecule has 3 rings (SSSR count). The molecular formula is C54H97N3O19. The van der Waals surface area contributed by atoms with Crippen molar-refractivity contribution in [2.75, 3.05) is 46.1 Å². The van der Waals surface area contributed by atoms with Crippen LogP contribution in [-0.2, 0) is 47.7 Å². The van der Waals surface area contributed by atoms with Crippen LogP contribution in [0.25, 0.3) is 0 Å². The monoisotopic (exact) mass is 1090 g/mol. The van der Waals surface area contributed by atoms with E-state index in [4.69, 9.17) is 23.7 Å². The third-order valence-electron chi connectivity index (χ3n) is 15.1. The molecule has 12 N–H and O–H groups in total. The highest BCUT2D eigenvalue weighted by Crippen LogP contribution is 2.31. The molecule has 0 aliphatic carbocycles. The molecule has 0 bridgehead atoms. The Bertz CT molecular complexity index is 1700. The molecule has 0 aromatic heterocycles. The maximum Gasteiger partial charge on any atom is 0.220 e. The van der Waals surface area contributed by atoms with Crippen LogP contribution in [0.1, 0.15) is 157 Å². The van der Waals surface area contributed by atoms with Crippen molar-refractivity contribution >= 4 is 29.3 Å². The molecule has 3 aliphatic heterocycles. The summed E-state index contributed by atoms with van der Waals surface area (Å²) < 4.78 is 28.5. The van der Waals surface area contributed by atoms with E-state index in [0.29, 0.717) is 90.1 Å². The van der Waals surface area contributed by atoms with Crippen molar-refractivity contribution in [2.24, 2.45) is 29.1 Å². The van der Waals surface area contributed by atoms with Crippen molar-refractivity contribution in [3.63, 3.8) is 0 Å². The Morgan fingerprint density at radius 1 is 0.500 bits per heavy atom. The number of amides is 3. The van der Waals surface area contributed by atoms with Crippen LogP contribution in [-0.4, -0.2) is 201 Å². The van der Waals surface area contributed by atoms with Crippen molar-refractivity contribution in [3.05, 3.63) is 0 Å². The van der Waals surface area contributed by atoms with Gasteiger partial charge in [0.2, 0.25) is 17.7 Å². The number of Topliss-reactive ketones (excluding diaryl/α,β-unsaturated/α-hetero) is 2. The second-order valence-electron chi connectivity index (χ2n) is 22.4. The van der Waals surface area contributed by atoms with Crippen LogP contribution in [0.4, 0.5) is 0 Å². The van der Waals surface area contributed by atoms with E-state index in [-0.39, 0.29) is 86.8 Å². The molecule has 0 saturated carbocycles. The second kappa shape index (κ2) is 35.0. The summed E-state index contributed by atoms with van der Waals surface area (Å²) in [5.74, 6) is -2.98. The fourth-order valence-electron chi connectivity index (χ4n) is 9.99. The molecule has 0 radical (unpaired) electrons. The molecule has 8 unspecified atom stereocenters. The van der Waals surface area contributed by atoms with Gasteiger partial charge in [-0.3, -0.25) is 24.0 Å². The number of aliphatic hydroxyl groups excluding tert-OH is 9. The van der Waals surface area contributed by atoms with Crippen LogP contribution >= 0.6 is 0 Å². The van der Waals surface area contributed by atoms with E-state index in [1.807, 2.05) is 0 Å². The summed E-state index contributed by atoms with van der Waals surface area (Å²) in [5, 5.41) is 98.5. The van der Waals surface area contributed by atoms with Crippen molar-refractivity contribution in [1.82, 2.24) is 16.0 Å². The van der Waals surface area contributed by atoms with Crippen molar-refractivity contribution in [2.45, 2.75) is 237 Å². The van der Waals surface area contributed by atoms with Gasteiger partial charge >= 0.3 is 0 Å². The van der Waals surface area contributed by atoms with Gasteiger partial charge in [0.1, 0.15) is 42.4 Å². The zero-order chi connectivity index (χ0) is 56.5. The molecule has 3 heterocycles. The largest absolute Gasteiger partial charge is 0.394 e. The Kier molecular flexibility index (Phi) is 31.1. The first kappa shape index (κ1) is 67.5. The van der Waals surface area contributed by atoms with E-state index in [2.05, 4.69) is 16.0 Å². The standard InChI is InChI=1S/C54H97N3O19/c1-32-38(74-39(29-58)48(68)45(32)65)20-8-7-9-21-42(62)55-24-14-10-18-35(51(71)54(4,5)6)28-37(61)36(57-44(64)23-13-17-27-73-53-34(3)47(67)50(70)41(31-60)76-53)19-11-15-25-56-43(63)22-12-16-26-72-52-33(2)46(66)49(69)40(30-59)75-52/h32-36,38-41,45-50,52-53,58-60,65-70H,7-31H2,1-6H3,(H,55,62)(H,56,63)(H,57,64)/t32?,33?,34?,35?,36?,38-,39?,40?,41?,45+,46+,47+,48-,49-,50-,52+,53+/m0/s1. The summed E-state index contributed by atoms with van der Waals surface area (Å²) in [7, 11) is 0. The Morgan fingerprint density at radius 3 is 1.41 bits per heavy atom. The van der Waals surface area contributed by atoms with Crippen LogP contribution < -0.4 is 16.0 Å². The van der Waals surface area contributed by atoms with E-state index in [0.717, 1.165) is 12.8 Å². The van der Waals surface area contributed by atoms with Crippen LogP contribution in [0.2, 0.25) is 0 Å². The Labute approximate surface area is 449 Å². The first-order chi connectivity index (χ1) is 36.0. The summed E-state index contributed by atoms with van der Waals surface area (Å²) in [4.78, 5) is 66.6. The fourth-order valence-corrected chi connectivity index (χ4v) is 9.99. The zero-order valence-corrected chi connectivity index (χ0v) is 46.1. The number of rotatable bonds is 36. The Balaban J connectivity index is 1.48. The molecule has 0 aromatic rings. The number of nitrogens with one attached hydrogen (secondary N) is 3. The molecule has 3 saturated heterocycles. The summed E-state index contributed by atoms with van der Waals surface area (Å²) >= 11 is 0. The van der Waals surface area contributed by atoms with Crippen LogP contribution in [0, 0.1) is 29.1 Å². The SMILES string of the molecule is CC1[C@H](OCCCCC(=O)NCCCCC(NC(=O)CCCCO[C@@H]2OC(CO)[C@H](O)[C@H](O)C2C)C(=O)CC(CCCCNC(=O)CCCCC[C@@H]2OC(CO)[C@H](O)[C@H](O)C2C)C(=O)C(C)(C)C)OC(CO)[C@H](O)[C@@H]1O. The zero-order valence-electron chi connectivity index (χ0n) is 46.1. The quantitative estimate of drug-likeness (QED) is 0.0387. The number of ketones is 2. The summed E-state index contributed by atoms with van der Waals surface area (Å²) in [6.45, 7) is 10.4. The normalized spacial score (nSPS) is 30.8. The maximum absolute atomic E-state index is 14.1. The van der Waals surface area contributed by atoms with Gasteiger partial charge in [-0.1, -0.05) is 60.8 Å². The average molecular weight is 1090 g/mol. The molecule has 3 fully saturated rings. The molecule has 17 atom stereocenters. The lowest BCUT2D eigenvalue weighted by atomic mass is 9.78. The molecule has 22 heteroatoms. The number of aliphatic hydroxyl groups is 9. The first-order valence-electron chi connectivity index (χ1n) is 28.1. The smallest absolute Gasteiger partial charge is 0.220 e. The van der Waals surface area contributed by atoms with E-state index in [9.17, 15) is 69.9 Å². The summed E-state index contributed by atoms with van der Waals surface area (Å²) in [5.41, 5.74) is -0.744. The first-order valence-corrected chi connectivity index (χ1v) is 28.1. The number of unbranched alkanes of at least 4 members (excludes halogenated alkanes) is 6. The van der Waals surface area contributed by atoms with Crippen LogP contribution in [0.15, 0.2) is 0 Å². The summed E-state index contributed by atoms with van der Waals surface area (Å²) in [6, 6.07) is -0.891. The Morgan fingerprint density at radius 2 is 0.934 bits per heavy atom. The van der Waals surface area contributed by atoms with E-state index in [1.54, 1.807) is 41.5 Å². The lowest BCUT2D eigenvalue weighted by Gasteiger charge is -2.41. The van der Waals surface area contributed by atoms with E-state index < -0.39 is 110 Å². The molecular weight excluding hydrogens is 995 g/mol. The van der Waals surface area contributed by atoms with Crippen LogP contribution in [0.5, 0.6) is 0 Å². The van der Waals surface area contributed by atoms with Gasteiger partial charge in [-0.2, -0.15) is 0 Å². The lowest BCUT2D eigenvalue weighted by molar-refractivity contribution is -0.282. The van der Waals surface area contributed by atoms with E-state index >= 15 is 0 Å². The average Bonchev–Trinajstić information content (AvgIpc) is 3.38. The molecule has 76 heavy (non-hydrogen) atoms. The predicted octanol–water partition coefficient (Wildman–Crippen LogP) is 0.827. The molecule has 22 nitrogen and oxygen atoms in total. The van der Waals surface area contributed by atoms with Gasteiger partial charge in [0.15, 0.2) is 18.4 Å². The number of hydrogen-bond donors (Lipinski definition) is 12. The number of carbonyl (C=O) groups is 5. The number of carbonyl (C=O) groups excluding carboxylic acids is 5. The molecule has 0 spiro atoms. The van der Waals surface area contributed by atoms with E-state index in [1.165, 1.54) is 0 Å². The van der Waals surface area contributed by atoms with Crippen molar-refractivity contribution < 1.29 is 93.6 Å². The summed E-state index contributed by atoms with van der Waals surface area (Å²) in [6.07, 6.45) is -3.59. The van der Waals surface area contributed by atoms with Gasteiger partial charge in [0.25, 0.3) is 0 Å². The van der Waals surface area contributed by atoms with Crippen molar-refractivity contribution in [3.8, 4) is 0 Å². The topological polar surface area (TPSA) is 350 Å². The molecule has 0 aromatic carbocycles. The van der Waals surface area contributed by atoms with Gasteiger partial charge < -0.3 is 85.6 Å². The molecule has 3 aliphatic rings. The third-order valence-corrected chi connectivity index (χ3v) is 15.1. The second-order valence-corrected chi connectivity index (χ2v) is 22.4. The third kappa shape index (κ3) is 22.4. The van der Waals surface area contributed by atoms with Gasteiger partial charge in [-0.25, -0.2) is 0 Å². The molecule has 442 valence electrons. The highest BCUT2D eigenvalue weighted by atomic mass is 16.7. The minimum Gasteiger partial charge on any atom is -0.394 e.